The Morgan fingerprint density at radius 3 is 2.56 bits per heavy atom. The lowest BCUT2D eigenvalue weighted by molar-refractivity contribution is -0.124. The lowest BCUT2D eigenvalue weighted by Crippen LogP contribution is -2.51. The molecule has 0 aromatic heterocycles. The van der Waals surface area contributed by atoms with Crippen LogP contribution >= 0.6 is 0 Å². The fraction of sp³-hybridized carbons (Fsp3) is 0.333. The first-order chi connectivity index (χ1) is 8.74. The molecule has 0 radical (unpaired) electrons. The number of anilines is 1. The molecule has 6 nitrogen and oxygen atoms in total. The highest BCUT2D eigenvalue weighted by atomic mass is 16.5. The molecule has 6 heteroatoms. The molecule has 3 amide bonds. The van der Waals surface area contributed by atoms with Crippen LogP contribution in [0.15, 0.2) is 30.3 Å². The van der Waals surface area contributed by atoms with Crippen LogP contribution in [0, 0.1) is 0 Å². The van der Waals surface area contributed by atoms with Gasteiger partial charge in [0.2, 0.25) is 5.91 Å². The first-order valence-corrected chi connectivity index (χ1v) is 5.71. The number of carbonyl (C=O) groups excluding carboxylic acids is 2. The number of urea groups is 1. The molecule has 1 fully saturated rings. The molecule has 0 spiro atoms. The average Bonchev–Trinajstić information content (AvgIpc) is 2.33. The van der Waals surface area contributed by atoms with Gasteiger partial charge in [0.25, 0.3) is 0 Å². The van der Waals surface area contributed by atoms with E-state index in [1.807, 2.05) is 18.2 Å². The summed E-state index contributed by atoms with van der Waals surface area (Å²) in [5, 5.41) is 7.83. The molecule has 96 valence electrons. The average molecular weight is 249 g/mol. The van der Waals surface area contributed by atoms with Crippen molar-refractivity contribution in [1.29, 1.82) is 0 Å². The summed E-state index contributed by atoms with van der Waals surface area (Å²) in [4.78, 5) is 22.9. The van der Waals surface area contributed by atoms with E-state index in [9.17, 15) is 9.59 Å². The van der Waals surface area contributed by atoms with Crippen LogP contribution in [0.5, 0.6) is 0 Å². The molecule has 2 rings (SSSR count). The van der Waals surface area contributed by atoms with Crippen molar-refractivity contribution in [3.63, 3.8) is 0 Å². The Labute approximate surface area is 105 Å². The molecule has 1 heterocycles. The van der Waals surface area contributed by atoms with Crippen LogP contribution < -0.4 is 16.0 Å². The summed E-state index contributed by atoms with van der Waals surface area (Å²) in [7, 11) is 0. The summed E-state index contributed by atoms with van der Waals surface area (Å²) < 4.78 is 4.93. The molecule has 3 N–H and O–H groups in total. The monoisotopic (exact) mass is 249 g/mol. The summed E-state index contributed by atoms with van der Waals surface area (Å²) >= 11 is 0. The normalized spacial score (nSPS) is 14.4. The number of nitrogens with one attached hydrogen (secondary N) is 3. The molecular weight excluding hydrogens is 234 g/mol. The van der Waals surface area contributed by atoms with E-state index in [1.165, 1.54) is 0 Å². The number of amides is 3. The Morgan fingerprint density at radius 2 is 1.94 bits per heavy atom. The minimum atomic E-state index is -0.402. The van der Waals surface area contributed by atoms with Crippen LogP contribution in [-0.4, -0.2) is 37.7 Å². The zero-order valence-corrected chi connectivity index (χ0v) is 9.81. The molecule has 0 bridgehead atoms. The topological polar surface area (TPSA) is 79.5 Å². The maximum absolute atomic E-state index is 11.5. The third-order valence-corrected chi connectivity index (χ3v) is 2.44. The van der Waals surface area contributed by atoms with E-state index in [-0.39, 0.29) is 18.5 Å². The summed E-state index contributed by atoms with van der Waals surface area (Å²) in [6, 6.07) is 8.71. The van der Waals surface area contributed by atoms with Crippen LogP contribution in [0.3, 0.4) is 0 Å². The van der Waals surface area contributed by atoms with Crippen LogP contribution in [0.2, 0.25) is 0 Å². The second-order valence-electron chi connectivity index (χ2n) is 3.98. The van der Waals surface area contributed by atoms with Crippen molar-refractivity contribution >= 4 is 17.6 Å². The van der Waals surface area contributed by atoms with Gasteiger partial charge >= 0.3 is 6.03 Å². The van der Waals surface area contributed by atoms with Gasteiger partial charge < -0.3 is 20.7 Å². The summed E-state index contributed by atoms with van der Waals surface area (Å²) in [5.74, 6) is -0.216. The zero-order chi connectivity index (χ0) is 12.8. The van der Waals surface area contributed by atoms with Gasteiger partial charge in [-0.05, 0) is 12.1 Å². The van der Waals surface area contributed by atoms with Crippen molar-refractivity contribution in [1.82, 2.24) is 10.6 Å². The highest BCUT2D eigenvalue weighted by Crippen LogP contribution is 2.04. The molecule has 1 saturated heterocycles. The maximum atomic E-state index is 11.5. The third-order valence-electron chi connectivity index (χ3n) is 2.44. The lowest BCUT2D eigenvalue weighted by Gasteiger charge is -2.26. The quantitative estimate of drug-likeness (QED) is 0.719. The number of ether oxygens (including phenoxy) is 1. The predicted molar refractivity (Wildman–Crippen MR) is 66.2 cm³/mol. The van der Waals surface area contributed by atoms with Crippen molar-refractivity contribution in [2.45, 2.75) is 6.04 Å². The molecule has 18 heavy (non-hydrogen) atoms. The number of para-hydroxylation sites is 1. The van der Waals surface area contributed by atoms with Gasteiger partial charge in [-0.25, -0.2) is 4.79 Å². The Balaban J connectivity index is 1.66. The van der Waals surface area contributed by atoms with E-state index in [1.54, 1.807) is 12.1 Å². The van der Waals surface area contributed by atoms with Gasteiger partial charge in [0.1, 0.15) is 0 Å². The SMILES string of the molecule is O=C(CNC(=O)Nc1ccccc1)NC1COC1. The second kappa shape index (κ2) is 6.02. The largest absolute Gasteiger partial charge is 0.377 e. The number of benzene rings is 1. The third kappa shape index (κ3) is 3.74. The predicted octanol–water partition coefficient (Wildman–Crippen LogP) is 0.323. The van der Waals surface area contributed by atoms with Crippen molar-refractivity contribution < 1.29 is 14.3 Å². The standard InChI is InChI=1S/C12H15N3O3/c16-11(14-10-7-18-8-10)6-13-12(17)15-9-4-2-1-3-5-9/h1-5,10H,6-8H2,(H,14,16)(H2,13,15,17). The minimum Gasteiger partial charge on any atom is -0.377 e. The van der Waals surface area contributed by atoms with Gasteiger partial charge in [-0.15, -0.1) is 0 Å². The number of rotatable bonds is 4. The van der Waals surface area contributed by atoms with E-state index in [4.69, 9.17) is 4.74 Å². The Kier molecular flexibility index (Phi) is 4.14. The molecule has 0 aliphatic carbocycles. The summed E-state index contributed by atoms with van der Waals surface area (Å²) in [6.45, 7) is 1.04. The van der Waals surface area contributed by atoms with Crippen LogP contribution in [-0.2, 0) is 9.53 Å². The lowest BCUT2D eigenvalue weighted by atomic mass is 10.2. The zero-order valence-electron chi connectivity index (χ0n) is 9.81. The van der Waals surface area contributed by atoms with Crippen molar-refractivity contribution in [3.05, 3.63) is 30.3 Å². The fourth-order valence-corrected chi connectivity index (χ4v) is 1.46. The number of carbonyl (C=O) groups is 2. The van der Waals surface area contributed by atoms with E-state index in [0.717, 1.165) is 0 Å². The van der Waals surface area contributed by atoms with Crippen molar-refractivity contribution in [2.24, 2.45) is 0 Å². The van der Waals surface area contributed by atoms with Gasteiger partial charge in [0.05, 0.1) is 25.8 Å². The molecule has 1 aromatic rings. The fourth-order valence-electron chi connectivity index (χ4n) is 1.46. The summed E-state index contributed by atoms with van der Waals surface area (Å²) in [6.07, 6.45) is 0. The summed E-state index contributed by atoms with van der Waals surface area (Å²) in [5.41, 5.74) is 0.683. The van der Waals surface area contributed by atoms with Gasteiger partial charge in [-0.2, -0.15) is 0 Å². The van der Waals surface area contributed by atoms with Crippen LogP contribution in [0.4, 0.5) is 10.5 Å². The number of hydrogen-bond donors (Lipinski definition) is 3. The molecular formula is C12H15N3O3. The Hall–Kier alpha value is -2.08. The number of hydrogen-bond acceptors (Lipinski definition) is 3. The molecule has 1 aromatic carbocycles. The Bertz CT molecular complexity index is 418. The highest BCUT2D eigenvalue weighted by Gasteiger charge is 2.20. The molecule has 0 saturated carbocycles. The molecule has 0 atom stereocenters. The van der Waals surface area contributed by atoms with Gasteiger partial charge in [-0.1, -0.05) is 18.2 Å². The van der Waals surface area contributed by atoms with Gasteiger partial charge in [0.15, 0.2) is 0 Å². The van der Waals surface area contributed by atoms with E-state index in [2.05, 4.69) is 16.0 Å². The maximum Gasteiger partial charge on any atom is 0.319 e. The van der Waals surface area contributed by atoms with Crippen molar-refractivity contribution in [3.8, 4) is 0 Å². The highest BCUT2D eigenvalue weighted by molar-refractivity contribution is 5.92. The Morgan fingerprint density at radius 1 is 1.22 bits per heavy atom. The van der Waals surface area contributed by atoms with Crippen molar-refractivity contribution in [2.75, 3.05) is 25.1 Å². The first-order valence-electron chi connectivity index (χ1n) is 5.71. The van der Waals surface area contributed by atoms with Crippen LogP contribution in [0.25, 0.3) is 0 Å². The van der Waals surface area contributed by atoms with E-state index < -0.39 is 6.03 Å². The van der Waals surface area contributed by atoms with E-state index in [0.29, 0.717) is 18.9 Å². The van der Waals surface area contributed by atoms with Gasteiger partial charge in [-0.3, -0.25) is 4.79 Å². The first kappa shape index (κ1) is 12.4. The molecule has 0 unspecified atom stereocenters. The molecule has 1 aliphatic rings. The van der Waals surface area contributed by atoms with Crippen LogP contribution in [0.1, 0.15) is 0 Å². The second-order valence-corrected chi connectivity index (χ2v) is 3.98. The van der Waals surface area contributed by atoms with E-state index >= 15 is 0 Å². The minimum absolute atomic E-state index is 0.0465. The smallest absolute Gasteiger partial charge is 0.319 e. The molecule has 1 aliphatic heterocycles. The van der Waals surface area contributed by atoms with Gasteiger partial charge in [0, 0.05) is 5.69 Å².